The van der Waals surface area contributed by atoms with Gasteiger partial charge in [-0.2, -0.15) is 5.26 Å². The van der Waals surface area contributed by atoms with E-state index in [9.17, 15) is 20.2 Å². The number of nitrogens with zero attached hydrogens (tertiary/aromatic N) is 2. The lowest BCUT2D eigenvalue weighted by molar-refractivity contribution is -0.384. The monoisotopic (exact) mass is 315 g/mol. The molecule has 2 N–H and O–H groups in total. The molecule has 0 saturated heterocycles. The Labute approximate surface area is 131 Å². The molecule has 1 aromatic carbocycles. The molecule has 0 fully saturated rings. The Morgan fingerprint density at radius 3 is 2.52 bits per heavy atom. The summed E-state index contributed by atoms with van der Waals surface area (Å²) >= 11 is 0. The maximum absolute atomic E-state index is 12.1. The van der Waals surface area contributed by atoms with E-state index in [1.807, 2.05) is 6.07 Å². The zero-order chi connectivity index (χ0) is 17.1. The van der Waals surface area contributed by atoms with Crippen LogP contribution in [0.4, 0.5) is 5.69 Å². The number of ether oxygens (including phenoxy) is 2. The second kappa shape index (κ2) is 6.19. The number of non-ortho nitro benzene ring substituents is 1. The van der Waals surface area contributed by atoms with Crippen LogP contribution in [0, 0.1) is 21.4 Å². The van der Waals surface area contributed by atoms with E-state index in [4.69, 9.17) is 15.2 Å². The van der Waals surface area contributed by atoms with Crippen molar-refractivity contribution in [1.29, 1.82) is 5.26 Å². The van der Waals surface area contributed by atoms with E-state index in [0.717, 1.165) is 0 Å². The number of benzene rings is 1. The molecule has 0 unspecified atom stereocenters. The van der Waals surface area contributed by atoms with Gasteiger partial charge in [-0.3, -0.25) is 10.1 Å². The molecule has 1 atom stereocenters. The molecule has 0 aromatic heterocycles. The first-order valence-electron chi connectivity index (χ1n) is 6.51. The van der Waals surface area contributed by atoms with Crippen molar-refractivity contribution in [3.63, 3.8) is 0 Å². The summed E-state index contributed by atoms with van der Waals surface area (Å²) in [5, 5.41) is 20.1. The molecule has 0 amide bonds. The quantitative estimate of drug-likeness (QED) is 0.512. The summed E-state index contributed by atoms with van der Waals surface area (Å²) in [7, 11) is 1.21. The first-order chi connectivity index (χ1) is 10.9. The van der Waals surface area contributed by atoms with Gasteiger partial charge in [-0.05, 0) is 12.5 Å². The van der Waals surface area contributed by atoms with Gasteiger partial charge in [0.1, 0.15) is 17.4 Å². The minimum Gasteiger partial charge on any atom is -0.466 e. The average Bonchev–Trinajstić information content (AvgIpc) is 2.53. The Kier molecular flexibility index (Phi) is 4.32. The number of nitro groups is 1. The summed E-state index contributed by atoms with van der Waals surface area (Å²) in [4.78, 5) is 22.3. The van der Waals surface area contributed by atoms with Crippen molar-refractivity contribution >= 4 is 11.7 Å². The lowest BCUT2D eigenvalue weighted by Gasteiger charge is -2.26. The predicted octanol–water partition coefficient (Wildman–Crippen LogP) is 1.85. The summed E-state index contributed by atoms with van der Waals surface area (Å²) in [6.07, 6.45) is 0. The van der Waals surface area contributed by atoms with Gasteiger partial charge in [0.2, 0.25) is 5.88 Å². The molecule has 1 aliphatic rings. The Morgan fingerprint density at radius 2 is 2.04 bits per heavy atom. The van der Waals surface area contributed by atoms with Crippen LogP contribution >= 0.6 is 0 Å². The maximum atomic E-state index is 12.1. The Morgan fingerprint density at radius 1 is 1.43 bits per heavy atom. The maximum Gasteiger partial charge on any atom is 0.338 e. The minimum absolute atomic E-state index is 0.0462. The van der Waals surface area contributed by atoms with Gasteiger partial charge in [-0.25, -0.2) is 4.79 Å². The second-order valence-electron chi connectivity index (χ2n) is 4.73. The van der Waals surface area contributed by atoms with Gasteiger partial charge in [0.15, 0.2) is 0 Å². The van der Waals surface area contributed by atoms with Crippen LogP contribution in [0.1, 0.15) is 18.4 Å². The summed E-state index contributed by atoms with van der Waals surface area (Å²) in [6.45, 7) is 1.53. The fourth-order valence-electron chi connectivity index (χ4n) is 2.38. The Hall–Kier alpha value is -3.34. The van der Waals surface area contributed by atoms with E-state index in [1.165, 1.54) is 38.3 Å². The van der Waals surface area contributed by atoms with Crippen molar-refractivity contribution < 1.29 is 19.2 Å². The number of nitro benzene ring substituents is 1. The number of allylic oxidation sites excluding steroid dienone is 2. The van der Waals surface area contributed by atoms with E-state index >= 15 is 0 Å². The molecule has 0 spiro atoms. The van der Waals surface area contributed by atoms with Crippen molar-refractivity contribution in [2.75, 3.05) is 7.11 Å². The van der Waals surface area contributed by atoms with Gasteiger partial charge in [-0.1, -0.05) is 12.1 Å². The normalized spacial score (nSPS) is 17.3. The Bertz CT molecular complexity index is 771. The molecule has 8 nitrogen and oxygen atoms in total. The van der Waals surface area contributed by atoms with Crippen LogP contribution in [-0.2, 0) is 14.3 Å². The highest BCUT2D eigenvalue weighted by molar-refractivity contribution is 5.92. The number of methoxy groups -OCH3 is 1. The summed E-state index contributed by atoms with van der Waals surface area (Å²) < 4.78 is 9.99. The average molecular weight is 315 g/mol. The number of rotatable bonds is 3. The number of esters is 1. The molecule has 1 aromatic rings. The molecule has 0 aliphatic carbocycles. The van der Waals surface area contributed by atoms with Gasteiger partial charge >= 0.3 is 5.97 Å². The van der Waals surface area contributed by atoms with Crippen molar-refractivity contribution in [2.24, 2.45) is 5.73 Å². The van der Waals surface area contributed by atoms with Crippen LogP contribution in [-0.4, -0.2) is 18.0 Å². The number of hydrogen-bond donors (Lipinski definition) is 1. The zero-order valence-electron chi connectivity index (χ0n) is 12.4. The van der Waals surface area contributed by atoms with Gasteiger partial charge in [-0.15, -0.1) is 0 Å². The van der Waals surface area contributed by atoms with Crippen LogP contribution in [0.15, 0.2) is 47.1 Å². The predicted molar refractivity (Wildman–Crippen MR) is 78.5 cm³/mol. The third-order valence-electron chi connectivity index (χ3n) is 3.45. The fourth-order valence-corrected chi connectivity index (χ4v) is 2.38. The fraction of sp³-hybridized carbons (Fsp3) is 0.200. The van der Waals surface area contributed by atoms with Gasteiger partial charge < -0.3 is 15.2 Å². The van der Waals surface area contributed by atoms with Crippen LogP contribution in [0.2, 0.25) is 0 Å². The molecular formula is C15H13N3O5. The molecule has 23 heavy (non-hydrogen) atoms. The number of nitrogens with two attached hydrogens (primary N) is 1. The van der Waals surface area contributed by atoms with E-state index in [-0.39, 0.29) is 28.5 Å². The van der Waals surface area contributed by atoms with Crippen molar-refractivity contribution in [2.45, 2.75) is 12.8 Å². The van der Waals surface area contributed by atoms with Gasteiger partial charge in [0, 0.05) is 12.1 Å². The van der Waals surface area contributed by atoms with Gasteiger partial charge in [0.05, 0.1) is 23.5 Å². The lowest BCUT2D eigenvalue weighted by Crippen LogP contribution is -2.25. The standard InChI is InChI=1S/C15H13N3O5/c1-8-12(15(19)22-2)13(11(7-16)14(17)23-8)9-3-5-10(6-4-9)18(20)21/h3-6,13H,17H2,1-2H3/t13-/m0/s1. The molecule has 1 heterocycles. The molecule has 0 saturated carbocycles. The highest BCUT2D eigenvalue weighted by Crippen LogP contribution is 2.39. The van der Waals surface area contributed by atoms with Crippen molar-refractivity contribution in [3.05, 3.63) is 62.7 Å². The first-order valence-corrected chi connectivity index (χ1v) is 6.51. The second-order valence-corrected chi connectivity index (χ2v) is 4.73. The van der Waals surface area contributed by atoms with Crippen molar-refractivity contribution in [1.82, 2.24) is 0 Å². The molecule has 118 valence electrons. The highest BCUT2D eigenvalue weighted by Gasteiger charge is 2.36. The van der Waals surface area contributed by atoms with Crippen molar-refractivity contribution in [3.8, 4) is 6.07 Å². The number of hydrogen-bond acceptors (Lipinski definition) is 7. The highest BCUT2D eigenvalue weighted by atomic mass is 16.6. The summed E-state index contributed by atoms with van der Waals surface area (Å²) in [5.74, 6) is -1.36. The molecule has 0 bridgehead atoms. The number of carbonyl (C=O) groups is 1. The molecule has 1 aliphatic heterocycles. The van der Waals surface area contributed by atoms with Crippen LogP contribution in [0.25, 0.3) is 0 Å². The SMILES string of the molecule is COC(=O)C1=C(C)OC(N)=C(C#N)[C@@H]1c1ccc([N+](=O)[O-])cc1. The smallest absolute Gasteiger partial charge is 0.338 e. The molecule has 8 heteroatoms. The largest absolute Gasteiger partial charge is 0.466 e. The van der Waals surface area contributed by atoms with Crippen LogP contribution in [0.5, 0.6) is 0 Å². The Balaban J connectivity index is 2.60. The van der Waals surface area contributed by atoms with E-state index < -0.39 is 16.8 Å². The summed E-state index contributed by atoms with van der Waals surface area (Å²) in [6, 6.07) is 7.44. The van der Waals surface area contributed by atoms with Gasteiger partial charge in [0.25, 0.3) is 5.69 Å². The zero-order valence-corrected chi connectivity index (χ0v) is 12.4. The third kappa shape index (κ3) is 2.85. The van der Waals surface area contributed by atoms with Crippen LogP contribution in [0.3, 0.4) is 0 Å². The minimum atomic E-state index is -0.804. The van der Waals surface area contributed by atoms with E-state index in [0.29, 0.717) is 5.56 Å². The molecule has 0 radical (unpaired) electrons. The lowest BCUT2D eigenvalue weighted by atomic mass is 9.83. The first kappa shape index (κ1) is 16.0. The molecular weight excluding hydrogens is 302 g/mol. The van der Waals surface area contributed by atoms with E-state index in [2.05, 4.69) is 0 Å². The summed E-state index contributed by atoms with van der Waals surface area (Å²) in [5.41, 5.74) is 6.31. The number of nitriles is 1. The molecule has 2 rings (SSSR count). The topological polar surface area (TPSA) is 128 Å². The van der Waals surface area contributed by atoms with E-state index in [1.54, 1.807) is 0 Å². The third-order valence-corrected chi connectivity index (χ3v) is 3.45. The number of carbonyl (C=O) groups excluding carboxylic acids is 1. The van der Waals surface area contributed by atoms with Crippen LogP contribution < -0.4 is 5.73 Å².